The lowest BCUT2D eigenvalue weighted by Gasteiger charge is -2.48. The number of morpholine rings is 1. The number of urea groups is 3. The molecule has 0 unspecified atom stereocenters. The fourth-order valence-corrected chi connectivity index (χ4v) is 16.1. The van der Waals surface area contributed by atoms with E-state index in [0.29, 0.717) is 43.0 Å². The van der Waals surface area contributed by atoms with Gasteiger partial charge in [0.05, 0.1) is 35.6 Å². The average Bonchev–Trinajstić information content (AvgIpc) is 1.66. The molecular weight excluding hydrogens is 1320 g/mol. The monoisotopic (exact) mass is 1400 g/mol. The molecule has 16 rings (SSSR count). The summed E-state index contributed by atoms with van der Waals surface area (Å²) < 4.78 is 6.21. The first-order valence-corrected chi connectivity index (χ1v) is 35.1. The Labute approximate surface area is 583 Å². The van der Waals surface area contributed by atoms with Crippen LogP contribution in [-0.4, -0.2) is 226 Å². The predicted octanol–water partition coefficient (Wildman–Crippen LogP) is 10.6. The van der Waals surface area contributed by atoms with Crippen molar-refractivity contribution in [3.63, 3.8) is 0 Å². The average molecular weight is 1400 g/mol. The third-order valence-corrected chi connectivity index (χ3v) is 21.4. The van der Waals surface area contributed by atoms with Gasteiger partial charge in [-0.3, -0.25) is 24.7 Å². The number of allylic oxidation sites excluding steroid dienone is 1. The van der Waals surface area contributed by atoms with Crippen LogP contribution in [0, 0.1) is 0 Å². The van der Waals surface area contributed by atoms with Gasteiger partial charge >= 0.3 is 18.1 Å². The van der Waals surface area contributed by atoms with Gasteiger partial charge in [-0.2, -0.15) is 10.2 Å². The van der Waals surface area contributed by atoms with Crippen LogP contribution in [0.1, 0.15) is 65.2 Å². The SMILES string of the molecule is C=C(C)N1CCOC2(CCN(c3cc(Cl)cc4[nH]ncc34)CC2)C1.CC(=O)NCCN1C(=O)NC2(CCN(c3cc(Cl)cc4[nH]ncc34)CC2)C1=O.CN1CCN(C2CCN(c3cc(Cl)cc4[nH]ccc34)CC2)C1=O.O=C1NCCN1C1CCN(c2cc(Cl)cc3[nH]ccc23)CC1. The van der Waals surface area contributed by atoms with Gasteiger partial charge < -0.3 is 69.9 Å². The van der Waals surface area contributed by atoms with E-state index >= 15 is 0 Å². The molecule has 8 aliphatic heterocycles. The summed E-state index contributed by atoms with van der Waals surface area (Å²) in [6.07, 6.45) is 14.6. The van der Waals surface area contributed by atoms with E-state index in [4.69, 9.17) is 51.1 Å². The molecule has 97 heavy (non-hydrogen) atoms. The number of benzene rings is 4. The van der Waals surface area contributed by atoms with Crippen molar-refractivity contribution >= 4 is 143 Å². The van der Waals surface area contributed by atoms with Crippen molar-refractivity contribution in [3.8, 4) is 0 Å². The van der Waals surface area contributed by atoms with E-state index in [0.717, 1.165) is 189 Å². The summed E-state index contributed by atoms with van der Waals surface area (Å²) in [4.78, 5) is 85.4. The maximum Gasteiger partial charge on any atom is 0.325 e. The number of aromatic nitrogens is 6. The van der Waals surface area contributed by atoms with Gasteiger partial charge in [-0.15, -0.1) is 0 Å². The molecule has 0 aliphatic carbocycles. The van der Waals surface area contributed by atoms with E-state index in [1.54, 1.807) is 6.20 Å². The Bertz CT molecular complexity index is 4220. The first kappa shape index (κ1) is 67.3. The number of piperidine rings is 4. The molecule has 4 aromatic heterocycles. The molecule has 2 spiro atoms. The van der Waals surface area contributed by atoms with Crippen molar-refractivity contribution in [1.82, 2.24) is 70.8 Å². The Morgan fingerprint density at radius 1 is 0.598 bits per heavy atom. The molecule has 28 heteroatoms. The number of imide groups is 1. The number of nitrogens with zero attached hydrogens (tertiary/aromatic N) is 11. The zero-order valence-electron chi connectivity index (χ0n) is 55.0. The van der Waals surface area contributed by atoms with Crippen LogP contribution < -0.4 is 35.6 Å². The predicted molar refractivity (Wildman–Crippen MR) is 384 cm³/mol. The summed E-state index contributed by atoms with van der Waals surface area (Å²) in [6.45, 7) is 20.9. The number of halogens is 4. The van der Waals surface area contributed by atoms with Gasteiger partial charge in [0.25, 0.3) is 5.91 Å². The zero-order chi connectivity index (χ0) is 67.7. The maximum absolute atomic E-state index is 12.9. The number of H-pyrrole nitrogens is 4. The third-order valence-electron chi connectivity index (χ3n) is 20.6. The minimum absolute atomic E-state index is 0.0399. The van der Waals surface area contributed by atoms with Crippen molar-refractivity contribution in [2.75, 3.05) is 138 Å². The van der Waals surface area contributed by atoms with Gasteiger partial charge in [-0.1, -0.05) is 53.0 Å². The number of fused-ring (bicyclic) bond motifs is 4. The van der Waals surface area contributed by atoms with Crippen LogP contribution >= 0.6 is 46.4 Å². The molecular formula is C69H84Cl4N18O6. The number of carbonyl (C=O) groups is 5. The normalized spacial score (nSPS) is 19.8. The molecule has 7 N–H and O–H groups in total. The molecule has 0 saturated carbocycles. The summed E-state index contributed by atoms with van der Waals surface area (Å²) >= 11 is 25.0. The second kappa shape index (κ2) is 28.7. The number of amides is 8. The molecule has 8 fully saturated rings. The number of hydrogen-bond acceptors (Lipinski definition) is 13. The van der Waals surface area contributed by atoms with Gasteiger partial charge in [0.15, 0.2) is 0 Å². The number of anilines is 4. The number of likely N-dealkylation sites (N-methyl/N-ethyl adjacent to an activating group) is 1. The highest BCUT2D eigenvalue weighted by Crippen LogP contribution is 2.40. The van der Waals surface area contributed by atoms with E-state index in [2.05, 4.69) is 96.4 Å². The summed E-state index contributed by atoms with van der Waals surface area (Å²) in [6, 6.07) is 20.5. The van der Waals surface area contributed by atoms with Crippen molar-refractivity contribution in [1.29, 1.82) is 0 Å². The molecule has 4 aromatic carbocycles. The highest BCUT2D eigenvalue weighted by atomic mass is 35.5. The molecule has 0 radical (unpaired) electrons. The zero-order valence-corrected chi connectivity index (χ0v) is 58.0. The van der Waals surface area contributed by atoms with Crippen LogP contribution in [0.2, 0.25) is 20.1 Å². The molecule has 12 heterocycles. The van der Waals surface area contributed by atoms with Crippen molar-refractivity contribution < 1.29 is 28.7 Å². The van der Waals surface area contributed by atoms with E-state index in [1.807, 2.05) is 88.9 Å². The Kier molecular flexibility index (Phi) is 19.9. The van der Waals surface area contributed by atoms with Gasteiger partial charge in [-0.25, -0.2) is 14.4 Å². The quantitative estimate of drug-likeness (QED) is 0.0631. The van der Waals surface area contributed by atoms with E-state index in [-0.39, 0.29) is 42.6 Å². The fraction of sp³-hybridized carbons (Fsp3) is 0.464. The number of hydrogen-bond donors (Lipinski definition) is 7. The minimum atomic E-state index is -0.877. The molecule has 24 nitrogen and oxygen atoms in total. The second-order valence-corrected chi connectivity index (χ2v) is 28.4. The van der Waals surface area contributed by atoms with Gasteiger partial charge in [-0.05, 0) is 119 Å². The lowest BCUT2D eigenvalue weighted by Crippen LogP contribution is -2.56. The van der Waals surface area contributed by atoms with Crippen LogP contribution in [0.4, 0.5) is 37.1 Å². The molecule has 0 atom stereocenters. The minimum Gasteiger partial charge on any atom is -0.371 e. The highest BCUT2D eigenvalue weighted by molar-refractivity contribution is 6.33. The molecule has 8 saturated heterocycles. The molecule has 8 aromatic rings. The smallest absolute Gasteiger partial charge is 0.325 e. The lowest BCUT2D eigenvalue weighted by atomic mass is 9.87. The summed E-state index contributed by atoms with van der Waals surface area (Å²) in [7, 11) is 1.88. The fourth-order valence-electron chi connectivity index (χ4n) is 15.3. The lowest BCUT2D eigenvalue weighted by molar-refractivity contribution is -0.132. The van der Waals surface area contributed by atoms with Crippen molar-refractivity contribution in [2.45, 2.75) is 88.4 Å². The van der Waals surface area contributed by atoms with Crippen molar-refractivity contribution in [3.05, 3.63) is 118 Å². The van der Waals surface area contributed by atoms with Crippen LogP contribution in [0.15, 0.2) is 97.7 Å². The summed E-state index contributed by atoms with van der Waals surface area (Å²) in [5.41, 5.74) is 8.71. The van der Waals surface area contributed by atoms with Crippen LogP contribution in [0.25, 0.3) is 43.6 Å². The Hall–Kier alpha value is -8.29. The van der Waals surface area contributed by atoms with Crippen LogP contribution in [0.5, 0.6) is 0 Å². The van der Waals surface area contributed by atoms with Crippen LogP contribution in [0.3, 0.4) is 0 Å². The topological polar surface area (TPSA) is 249 Å². The number of carbonyl (C=O) groups excluding carboxylic acids is 5. The Morgan fingerprint density at radius 2 is 1.08 bits per heavy atom. The Balaban J connectivity index is 0.000000117. The van der Waals surface area contributed by atoms with Crippen molar-refractivity contribution in [2.24, 2.45) is 0 Å². The van der Waals surface area contributed by atoms with Gasteiger partial charge in [0.1, 0.15) is 5.54 Å². The summed E-state index contributed by atoms with van der Waals surface area (Å²) in [5.74, 6) is -0.413. The molecule has 8 amide bonds. The number of rotatable bonds is 10. The van der Waals surface area contributed by atoms with Gasteiger partial charge in [0, 0.05) is 224 Å². The largest absolute Gasteiger partial charge is 0.371 e. The van der Waals surface area contributed by atoms with E-state index in [1.165, 1.54) is 34.0 Å². The first-order valence-electron chi connectivity index (χ1n) is 33.6. The summed E-state index contributed by atoms with van der Waals surface area (Å²) in [5, 5.41) is 29.9. The molecule has 0 bridgehead atoms. The van der Waals surface area contributed by atoms with Gasteiger partial charge in [0.2, 0.25) is 5.91 Å². The highest BCUT2D eigenvalue weighted by Gasteiger charge is 2.52. The molecule has 8 aliphatic rings. The number of nitrogens with one attached hydrogen (secondary N) is 7. The number of ether oxygens (including phenoxy) is 1. The standard InChI is InChI=1S/C18H21ClN6O3.C18H23ClN4O.C17H21ClN4O.C16H19ClN4O/c1-11(26)20-4-7-25-16(27)18(22-17(25)28)2-5-24(6-3-18)15-9-12(19)8-14-13(15)10-21-23-14;1-13(2)23-7-8-24-18(12-23)3-5-22(6-4-18)17-10-14(19)9-16-15(17)11-20-21-16;1-20-8-9-22(17(20)23)13-3-6-21(7-4-13)16-11-12(18)10-15-14(16)2-5-19-15;17-11-9-14-13(1-4-18-14)15(10-11)20-6-2-12(3-7-20)21-8-5-19-16(21)22/h8-10H,2-7H2,1H3,(H,20,26)(H,21,23)(H,22,28);9-11H,1,3-8,12H2,2H3,(H,20,21);2,5,10-11,13,19H,3-4,6-9H2,1H3;1,4,9-10,12,18H,2-3,5-8H2,(H,19,22). The van der Waals surface area contributed by atoms with E-state index in [9.17, 15) is 24.0 Å². The van der Waals surface area contributed by atoms with Crippen LogP contribution in [-0.2, 0) is 14.3 Å². The third kappa shape index (κ3) is 14.4. The van der Waals surface area contributed by atoms with E-state index < -0.39 is 11.6 Å². The Morgan fingerprint density at radius 3 is 1.56 bits per heavy atom. The second-order valence-electron chi connectivity index (χ2n) is 26.6. The molecule has 514 valence electrons. The number of aromatic amines is 4. The first-order chi connectivity index (χ1) is 46.8. The maximum atomic E-state index is 12.9.